The zero-order valence-electron chi connectivity index (χ0n) is 13.6. The molecule has 0 aliphatic carbocycles. The zero-order valence-corrected chi connectivity index (χ0v) is 15.2. The molecule has 0 fully saturated rings. The number of hydrogen-bond acceptors (Lipinski definition) is 8. The van der Waals surface area contributed by atoms with Gasteiger partial charge in [-0.2, -0.15) is 0 Å². The van der Waals surface area contributed by atoms with Crippen molar-refractivity contribution < 1.29 is 13.5 Å². The predicted molar refractivity (Wildman–Crippen MR) is 99.2 cm³/mol. The van der Waals surface area contributed by atoms with Gasteiger partial charge in [-0.15, -0.1) is 15.3 Å². The van der Waals surface area contributed by atoms with Gasteiger partial charge >= 0.3 is 0 Å². The third-order valence-electron chi connectivity index (χ3n) is 3.53. The van der Waals surface area contributed by atoms with Crippen molar-refractivity contribution in [1.82, 2.24) is 19.8 Å². The van der Waals surface area contributed by atoms with Crippen LogP contribution in [-0.4, -0.2) is 19.8 Å². The number of nitrogens with one attached hydrogen (secondary N) is 1. The molecule has 0 unspecified atom stereocenters. The van der Waals surface area contributed by atoms with Crippen LogP contribution in [0.3, 0.4) is 0 Å². The highest BCUT2D eigenvalue weighted by molar-refractivity contribution is 7.15. The number of nitrogens with zero attached hydrogens (tertiary/aromatic N) is 4. The summed E-state index contributed by atoms with van der Waals surface area (Å²) in [6.45, 7) is 0.191. The molecule has 2 heterocycles. The van der Waals surface area contributed by atoms with E-state index in [-0.39, 0.29) is 17.4 Å². The second-order valence-corrected chi connectivity index (χ2v) is 7.00. The van der Waals surface area contributed by atoms with E-state index < -0.39 is 11.6 Å². The first-order valence-corrected chi connectivity index (χ1v) is 9.38. The Morgan fingerprint density at radius 3 is 2.44 bits per heavy atom. The Balaban J connectivity index is 1.38. The molecule has 10 heteroatoms. The van der Waals surface area contributed by atoms with Crippen molar-refractivity contribution in [3.05, 3.63) is 64.5 Å². The van der Waals surface area contributed by atoms with Crippen LogP contribution in [-0.2, 0) is 6.61 Å². The van der Waals surface area contributed by atoms with Gasteiger partial charge in [0.2, 0.25) is 5.13 Å². The van der Waals surface area contributed by atoms with Crippen molar-refractivity contribution in [3.63, 3.8) is 0 Å². The summed E-state index contributed by atoms with van der Waals surface area (Å²) in [6.07, 6.45) is 0. The molecule has 0 bridgehead atoms. The van der Waals surface area contributed by atoms with Crippen LogP contribution in [0.5, 0.6) is 5.75 Å². The molecule has 0 radical (unpaired) electrons. The lowest BCUT2D eigenvalue weighted by Crippen LogP contribution is -1.96. The third-order valence-corrected chi connectivity index (χ3v) is 4.85. The van der Waals surface area contributed by atoms with Crippen LogP contribution in [0.2, 0.25) is 0 Å². The maximum atomic E-state index is 13.7. The van der Waals surface area contributed by atoms with E-state index in [9.17, 15) is 8.78 Å². The minimum Gasteiger partial charge on any atom is -0.486 e. The number of halogens is 2. The van der Waals surface area contributed by atoms with Crippen LogP contribution in [0, 0.1) is 11.6 Å². The molecule has 1 N–H and O–H groups in total. The van der Waals surface area contributed by atoms with E-state index in [1.807, 2.05) is 29.6 Å². The van der Waals surface area contributed by atoms with Crippen molar-refractivity contribution >= 4 is 33.7 Å². The molecule has 0 atom stereocenters. The van der Waals surface area contributed by atoms with Gasteiger partial charge in [-0.3, -0.25) is 0 Å². The highest BCUT2D eigenvalue weighted by Gasteiger charge is 2.12. The molecule has 2 aromatic heterocycles. The largest absolute Gasteiger partial charge is 0.486 e. The van der Waals surface area contributed by atoms with Gasteiger partial charge in [0.15, 0.2) is 5.01 Å². The summed E-state index contributed by atoms with van der Waals surface area (Å²) in [5.41, 5.74) is 1.51. The van der Waals surface area contributed by atoms with Gasteiger partial charge in [-0.1, -0.05) is 21.9 Å². The van der Waals surface area contributed by atoms with E-state index in [1.54, 1.807) is 0 Å². The molecule has 4 aromatic rings. The Morgan fingerprint density at radius 1 is 0.963 bits per heavy atom. The first-order valence-electron chi connectivity index (χ1n) is 7.73. The normalized spacial score (nSPS) is 10.7. The number of para-hydroxylation sites is 1. The molecule has 6 nitrogen and oxygen atoms in total. The standard InChI is InChI=1S/C17H11F2N5OS2/c18-12-2-1-3-13(19)16(12)20-17-23-22-15(27-17)8-25-11-6-4-10(5-7-11)14-9-26-24-21-14/h1-7,9H,8H2,(H,20,23). The lowest BCUT2D eigenvalue weighted by Gasteiger charge is -2.05. The van der Waals surface area contributed by atoms with Crippen molar-refractivity contribution in [1.29, 1.82) is 0 Å². The summed E-state index contributed by atoms with van der Waals surface area (Å²) < 4.78 is 36.8. The van der Waals surface area contributed by atoms with Gasteiger partial charge in [0.05, 0.1) is 0 Å². The number of ether oxygens (including phenoxy) is 1. The van der Waals surface area contributed by atoms with E-state index in [0.29, 0.717) is 10.8 Å². The predicted octanol–water partition coefficient (Wildman–Crippen LogP) is 4.66. The second kappa shape index (κ2) is 7.72. The Bertz CT molecular complexity index is 1020. The molecular formula is C17H11F2N5OS2. The fraction of sp³-hybridized carbons (Fsp3) is 0.0588. The minimum absolute atomic E-state index is 0.191. The van der Waals surface area contributed by atoms with Gasteiger partial charge in [0, 0.05) is 10.9 Å². The summed E-state index contributed by atoms with van der Waals surface area (Å²) in [7, 11) is 0. The number of rotatable bonds is 6. The summed E-state index contributed by atoms with van der Waals surface area (Å²) in [4.78, 5) is 0. The highest BCUT2D eigenvalue weighted by atomic mass is 32.1. The monoisotopic (exact) mass is 403 g/mol. The van der Waals surface area contributed by atoms with E-state index in [4.69, 9.17) is 4.74 Å². The number of anilines is 2. The second-order valence-electron chi connectivity index (χ2n) is 5.33. The Morgan fingerprint density at radius 2 is 1.74 bits per heavy atom. The molecular weight excluding hydrogens is 392 g/mol. The topological polar surface area (TPSA) is 72.8 Å². The molecule has 2 aromatic carbocycles. The lowest BCUT2D eigenvalue weighted by atomic mass is 10.2. The zero-order chi connectivity index (χ0) is 18.6. The minimum atomic E-state index is -0.696. The first-order chi connectivity index (χ1) is 13.2. The summed E-state index contributed by atoms with van der Waals surface area (Å²) in [5.74, 6) is -0.733. The lowest BCUT2D eigenvalue weighted by molar-refractivity contribution is 0.304. The maximum absolute atomic E-state index is 13.7. The van der Waals surface area contributed by atoms with Crippen LogP contribution in [0.15, 0.2) is 47.8 Å². The molecule has 0 saturated heterocycles. The smallest absolute Gasteiger partial charge is 0.210 e. The van der Waals surface area contributed by atoms with E-state index in [2.05, 4.69) is 25.1 Å². The van der Waals surface area contributed by atoms with Crippen LogP contribution in [0.4, 0.5) is 19.6 Å². The highest BCUT2D eigenvalue weighted by Crippen LogP contribution is 2.26. The maximum Gasteiger partial charge on any atom is 0.210 e. The SMILES string of the molecule is Fc1cccc(F)c1Nc1nnc(COc2ccc(-c3csnn3)cc2)s1. The van der Waals surface area contributed by atoms with E-state index >= 15 is 0 Å². The molecule has 0 saturated carbocycles. The number of benzene rings is 2. The Kier molecular flexibility index (Phi) is 4.99. The Labute approximate surface area is 160 Å². The van der Waals surface area contributed by atoms with Crippen LogP contribution >= 0.6 is 22.9 Å². The summed E-state index contributed by atoms with van der Waals surface area (Å²) in [6, 6.07) is 11.1. The summed E-state index contributed by atoms with van der Waals surface area (Å²) >= 11 is 2.45. The number of hydrogen-bond donors (Lipinski definition) is 1. The molecule has 27 heavy (non-hydrogen) atoms. The molecule has 0 spiro atoms. The molecule has 0 aliphatic heterocycles. The van der Waals surface area contributed by atoms with Crippen LogP contribution in [0.25, 0.3) is 11.3 Å². The summed E-state index contributed by atoms with van der Waals surface area (Å²) in [5, 5.41) is 17.2. The molecule has 136 valence electrons. The van der Waals surface area contributed by atoms with Crippen molar-refractivity contribution in [3.8, 4) is 17.0 Å². The average Bonchev–Trinajstić information content (AvgIpc) is 3.36. The molecule has 0 aliphatic rings. The fourth-order valence-corrected chi connectivity index (χ4v) is 3.37. The van der Waals surface area contributed by atoms with Gasteiger partial charge in [0.25, 0.3) is 0 Å². The molecule has 0 amide bonds. The van der Waals surface area contributed by atoms with Crippen molar-refractivity contribution in [2.24, 2.45) is 0 Å². The fourth-order valence-electron chi connectivity index (χ4n) is 2.24. The van der Waals surface area contributed by atoms with Crippen molar-refractivity contribution in [2.45, 2.75) is 6.61 Å². The first kappa shape index (κ1) is 17.4. The average molecular weight is 403 g/mol. The van der Waals surface area contributed by atoms with Gasteiger partial charge in [-0.05, 0) is 47.9 Å². The Hall–Kier alpha value is -2.98. The van der Waals surface area contributed by atoms with Gasteiger partial charge < -0.3 is 10.1 Å². The van der Waals surface area contributed by atoms with Crippen molar-refractivity contribution in [2.75, 3.05) is 5.32 Å². The number of aromatic nitrogens is 4. The van der Waals surface area contributed by atoms with E-state index in [0.717, 1.165) is 22.6 Å². The molecule has 4 rings (SSSR count). The quantitative estimate of drug-likeness (QED) is 0.505. The third kappa shape index (κ3) is 4.07. The van der Waals surface area contributed by atoms with Crippen LogP contribution in [0.1, 0.15) is 5.01 Å². The van der Waals surface area contributed by atoms with Crippen LogP contribution < -0.4 is 10.1 Å². The van der Waals surface area contributed by atoms with E-state index in [1.165, 1.54) is 29.7 Å². The van der Waals surface area contributed by atoms with Gasteiger partial charge in [0.1, 0.15) is 35.4 Å². The van der Waals surface area contributed by atoms with Gasteiger partial charge in [-0.25, -0.2) is 8.78 Å².